The van der Waals surface area contributed by atoms with Crippen LogP contribution in [0.15, 0.2) is 29.1 Å². The number of carbonyl (C=O) groups is 2. The van der Waals surface area contributed by atoms with Crippen LogP contribution in [0.25, 0.3) is 22.3 Å². The second-order valence-corrected chi connectivity index (χ2v) is 9.11. The van der Waals surface area contributed by atoms with Gasteiger partial charge in [0.1, 0.15) is 5.75 Å². The van der Waals surface area contributed by atoms with Crippen molar-refractivity contribution < 1.29 is 19.4 Å². The third-order valence-corrected chi connectivity index (χ3v) is 7.23. The van der Waals surface area contributed by atoms with E-state index in [1.165, 1.54) is 0 Å². The molecule has 0 saturated heterocycles. The molecule has 1 aliphatic carbocycles. The summed E-state index contributed by atoms with van der Waals surface area (Å²) >= 11 is 0. The monoisotopic (exact) mass is 460 g/mol. The average molecular weight is 461 g/mol. The van der Waals surface area contributed by atoms with Crippen LogP contribution >= 0.6 is 0 Å². The summed E-state index contributed by atoms with van der Waals surface area (Å²) in [5.74, 6) is -0.415. The second-order valence-electron chi connectivity index (χ2n) is 9.11. The van der Waals surface area contributed by atoms with E-state index >= 15 is 0 Å². The number of benzene rings is 1. The predicted molar refractivity (Wildman–Crippen MR) is 128 cm³/mol. The minimum Gasteiger partial charge on any atom is -0.508 e. The molecule has 7 nitrogen and oxygen atoms in total. The van der Waals surface area contributed by atoms with Crippen LogP contribution in [0.1, 0.15) is 68.7 Å². The highest BCUT2D eigenvalue weighted by atomic mass is 16.6. The number of ether oxygens (including phenoxy) is 1. The molecule has 1 aromatic carbocycles. The Hall–Kier alpha value is -3.48. The smallest absolute Gasteiger partial charge is 0.307 e. The Morgan fingerprint density at radius 1 is 1.15 bits per heavy atom. The summed E-state index contributed by atoms with van der Waals surface area (Å²) in [4.78, 5) is 44.2. The molecular formula is C27H28N2O5. The lowest BCUT2D eigenvalue weighted by Gasteiger charge is -2.36. The van der Waals surface area contributed by atoms with E-state index in [1.807, 2.05) is 26.8 Å². The van der Waals surface area contributed by atoms with Crippen molar-refractivity contribution in [1.29, 1.82) is 0 Å². The molecule has 0 radical (unpaired) electrons. The van der Waals surface area contributed by atoms with E-state index in [0.717, 1.165) is 28.5 Å². The van der Waals surface area contributed by atoms with E-state index in [2.05, 4.69) is 0 Å². The fourth-order valence-electron chi connectivity index (χ4n) is 5.56. The molecule has 1 N–H and O–H groups in total. The van der Waals surface area contributed by atoms with Crippen LogP contribution in [0.4, 0.5) is 0 Å². The number of aromatic nitrogens is 2. The molecule has 0 fully saturated rings. The number of pyridine rings is 2. The first-order valence-corrected chi connectivity index (χ1v) is 12.0. The van der Waals surface area contributed by atoms with Gasteiger partial charge in [-0.2, -0.15) is 0 Å². The number of hydrogen-bond donors (Lipinski definition) is 1. The molecule has 7 heteroatoms. The molecule has 0 saturated carbocycles. The number of ketones is 1. The lowest BCUT2D eigenvalue weighted by molar-refractivity contribution is -0.170. The van der Waals surface area contributed by atoms with Gasteiger partial charge in [0.2, 0.25) is 0 Å². The quantitative estimate of drug-likeness (QED) is 0.449. The average Bonchev–Trinajstić information content (AvgIpc) is 3.18. The Balaban J connectivity index is 1.76. The molecule has 1 atom stereocenters. The van der Waals surface area contributed by atoms with Crippen LogP contribution in [-0.4, -0.2) is 26.4 Å². The molecule has 0 unspecified atom stereocenters. The van der Waals surface area contributed by atoms with Gasteiger partial charge in [-0.25, -0.2) is 4.98 Å². The lowest BCUT2D eigenvalue weighted by atomic mass is 9.76. The summed E-state index contributed by atoms with van der Waals surface area (Å²) < 4.78 is 7.57. The van der Waals surface area contributed by atoms with Gasteiger partial charge in [0.25, 0.3) is 5.56 Å². The summed E-state index contributed by atoms with van der Waals surface area (Å²) in [6, 6.07) is 6.94. The van der Waals surface area contributed by atoms with E-state index < -0.39 is 11.6 Å². The predicted octanol–water partition coefficient (Wildman–Crippen LogP) is 4.16. The van der Waals surface area contributed by atoms with Gasteiger partial charge in [-0.1, -0.05) is 20.8 Å². The maximum atomic E-state index is 13.7. The highest BCUT2D eigenvalue weighted by Crippen LogP contribution is 2.43. The first-order valence-electron chi connectivity index (χ1n) is 12.0. The van der Waals surface area contributed by atoms with Crippen molar-refractivity contribution in [3.05, 3.63) is 56.9 Å². The minimum absolute atomic E-state index is 0.156. The van der Waals surface area contributed by atoms with Crippen LogP contribution in [0, 0.1) is 0 Å². The number of fused-ring (bicyclic) bond motifs is 5. The summed E-state index contributed by atoms with van der Waals surface area (Å²) in [7, 11) is 0. The minimum atomic E-state index is -1.44. The molecule has 34 heavy (non-hydrogen) atoms. The van der Waals surface area contributed by atoms with Crippen molar-refractivity contribution in [2.45, 2.75) is 71.4 Å². The zero-order valence-electron chi connectivity index (χ0n) is 19.7. The molecule has 1 aliphatic heterocycles. The van der Waals surface area contributed by atoms with Gasteiger partial charge in [0, 0.05) is 34.9 Å². The SMILES string of the molecule is CCCC(=O)O[C@]1(CC)C(=O)CCc2c1cc1n(c2=O)Cc2c-1nc1ccc(O)cc1c2CC. The summed E-state index contributed by atoms with van der Waals surface area (Å²) in [5.41, 5.74) is 3.54. The van der Waals surface area contributed by atoms with E-state index in [-0.39, 0.29) is 36.4 Å². The number of phenols is 1. The molecular weight excluding hydrogens is 432 g/mol. The van der Waals surface area contributed by atoms with Gasteiger partial charge < -0.3 is 14.4 Å². The van der Waals surface area contributed by atoms with E-state index in [0.29, 0.717) is 41.9 Å². The highest BCUT2D eigenvalue weighted by Gasteiger charge is 2.48. The normalized spacial score (nSPS) is 18.5. The Kier molecular flexibility index (Phi) is 5.30. The zero-order chi connectivity index (χ0) is 24.2. The topological polar surface area (TPSA) is 98.5 Å². The van der Waals surface area contributed by atoms with Crippen LogP contribution in [0.5, 0.6) is 5.75 Å². The van der Waals surface area contributed by atoms with E-state index in [9.17, 15) is 19.5 Å². The van der Waals surface area contributed by atoms with Crippen LogP contribution in [0.3, 0.4) is 0 Å². The number of esters is 1. The van der Waals surface area contributed by atoms with Crippen LogP contribution in [0.2, 0.25) is 0 Å². The molecule has 0 bridgehead atoms. The number of nitrogens with zero attached hydrogens (tertiary/aromatic N) is 2. The van der Waals surface area contributed by atoms with Crippen molar-refractivity contribution in [2.75, 3.05) is 0 Å². The maximum absolute atomic E-state index is 13.7. The molecule has 176 valence electrons. The standard InChI is InChI=1S/C27H28N2O5/c1-4-7-24(32)34-27(6-3)20-13-22-25-19(14-29(22)26(33)17(20)9-11-23(27)31)16(5-2)18-12-15(30)8-10-21(18)28-25/h8,10,12-13,30H,4-7,9,11,14H2,1-3H3/t27-/m0/s1. The number of phenolic OH excluding ortho intramolecular Hbond substituents is 1. The largest absolute Gasteiger partial charge is 0.508 e. The van der Waals surface area contributed by atoms with Crippen molar-refractivity contribution in [3.63, 3.8) is 0 Å². The third-order valence-electron chi connectivity index (χ3n) is 7.23. The van der Waals surface area contributed by atoms with Crippen molar-refractivity contribution in [3.8, 4) is 17.1 Å². The zero-order valence-corrected chi connectivity index (χ0v) is 19.7. The van der Waals surface area contributed by atoms with Gasteiger partial charge in [-0.3, -0.25) is 14.4 Å². The first-order chi connectivity index (χ1) is 16.3. The third kappa shape index (κ3) is 3.10. The fourth-order valence-corrected chi connectivity index (χ4v) is 5.56. The van der Waals surface area contributed by atoms with Crippen molar-refractivity contribution in [2.24, 2.45) is 0 Å². The van der Waals surface area contributed by atoms with Crippen LogP contribution < -0.4 is 5.56 Å². The van der Waals surface area contributed by atoms with Gasteiger partial charge in [-0.15, -0.1) is 0 Å². The number of carbonyl (C=O) groups excluding carboxylic acids is 2. The molecule has 3 aromatic rings. The Labute approximate surface area is 197 Å². The fraction of sp³-hybridized carbons (Fsp3) is 0.407. The van der Waals surface area contributed by atoms with E-state index in [4.69, 9.17) is 9.72 Å². The van der Waals surface area contributed by atoms with E-state index in [1.54, 1.807) is 22.8 Å². The Morgan fingerprint density at radius 3 is 2.65 bits per heavy atom. The molecule has 0 spiro atoms. The lowest BCUT2D eigenvalue weighted by Crippen LogP contribution is -2.46. The summed E-state index contributed by atoms with van der Waals surface area (Å²) in [5, 5.41) is 10.9. The Morgan fingerprint density at radius 2 is 1.94 bits per heavy atom. The number of Topliss-reactive ketones (excluding diaryl/α,β-unsaturated/α-hetero) is 1. The maximum Gasteiger partial charge on any atom is 0.307 e. The highest BCUT2D eigenvalue weighted by molar-refractivity contribution is 5.94. The molecule has 2 aliphatic rings. The van der Waals surface area contributed by atoms with Crippen LogP contribution in [-0.2, 0) is 39.3 Å². The molecule has 2 aromatic heterocycles. The van der Waals surface area contributed by atoms with Crippen molar-refractivity contribution in [1.82, 2.24) is 9.55 Å². The number of rotatable bonds is 5. The first kappa shape index (κ1) is 22.3. The molecule has 0 amide bonds. The summed E-state index contributed by atoms with van der Waals surface area (Å²) in [6.45, 7) is 6.14. The number of aromatic hydroxyl groups is 1. The van der Waals surface area contributed by atoms with Gasteiger partial charge in [0.05, 0.1) is 23.4 Å². The van der Waals surface area contributed by atoms with Gasteiger partial charge in [-0.05, 0) is 55.5 Å². The molecule has 3 heterocycles. The molecule has 5 rings (SSSR count). The second kappa shape index (κ2) is 8.08. The number of aryl methyl sites for hydroxylation is 1. The Bertz CT molecular complexity index is 1420. The number of hydrogen-bond acceptors (Lipinski definition) is 6. The summed E-state index contributed by atoms with van der Waals surface area (Å²) in [6.07, 6.45) is 2.33. The van der Waals surface area contributed by atoms with Crippen molar-refractivity contribution >= 4 is 22.7 Å². The van der Waals surface area contributed by atoms with Gasteiger partial charge >= 0.3 is 5.97 Å². The van der Waals surface area contributed by atoms with Gasteiger partial charge in [0.15, 0.2) is 11.4 Å².